The minimum absolute atomic E-state index is 0.240. The number of amides is 1. The Morgan fingerprint density at radius 2 is 1.63 bits per heavy atom. The smallest absolute Gasteiger partial charge is 0.241 e. The first-order valence-electron chi connectivity index (χ1n) is 8.59. The Labute approximate surface area is 160 Å². The van der Waals surface area contributed by atoms with Gasteiger partial charge in [-0.05, 0) is 74.2 Å². The quantitative estimate of drug-likeness (QED) is 0.819. The van der Waals surface area contributed by atoms with E-state index in [4.69, 9.17) is 0 Å². The number of hydrogen-bond acceptors (Lipinski definition) is 3. The van der Waals surface area contributed by atoms with Gasteiger partial charge in [-0.2, -0.15) is 0 Å². The fourth-order valence-electron chi connectivity index (χ4n) is 2.95. The Hall–Kier alpha value is -2.41. The highest BCUT2D eigenvalue weighted by Gasteiger charge is 2.22. The second-order valence-electron chi connectivity index (χ2n) is 6.83. The Kier molecular flexibility index (Phi) is 6.26. The molecule has 0 aliphatic carbocycles. The summed E-state index contributed by atoms with van der Waals surface area (Å²) in [5.41, 5.74) is 4.59. The standard InChI is InChI=1S/C20H25FN2O3S/c1-13-10-15(3)19(11-14(13)2)16(4)22-20(24)12-23(27(5,25)26)18-8-6-17(21)7-9-18/h6-11,16H,12H2,1-5H3,(H,22,24). The van der Waals surface area contributed by atoms with Crippen molar-refractivity contribution >= 4 is 21.6 Å². The molecule has 0 bridgehead atoms. The topological polar surface area (TPSA) is 66.5 Å². The lowest BCUT2D eigenvalue weighted by molar-refractivity contribution is -0.120. The third kappa shape index (κ3) is 5.29. The van der Waals surface area contributed by atoms with Gasteiger partial charge in [-0.1, -0.05) is 12.1 Å². The third-order valence-electron chi connectivity index (χ3n) is 4.53. The van der Waals surface area contributed by atoms with Gasteiger partial charge in [0.15, 0.2) is 0 Å². The van der Waals surface area contributed by atoms with E-state index >= 15 is 0 Å². The maximum atomic E-state index is 13.1. The summed E-state index contributed by atoms with van der Waals surface area (Å²) in [5, 5.41) is 2.85. The van der Waals surface area contributed by atoms with E-state index in [1.807, 2.05) is 33.8 Å². The lowest BCUT2D eigenvalue weighted by atomic mass is 9.96. The minimum atomic E-state index is -3.70. The minimum Gasteiger partial charge on any atom is -0.348 e. The zero-order chi connectivity index (χ0) is 20.4. The van der Waals surface area contributed by atoms with E-state index in [1.54, 1.807) is 0 Å². The van der Waals surface area contributed by atoms with Gasteiger partial charge in [-0.15, -0.1) is 0 Å². The molecule has 2 rings (SSSR count). The summed E-state index contributed by atoms with van der Waals surface area (Å²) in [6.07, 6.45) is 1.01. The average molecular weight is 392 g/mol. The lowest BCUT2D eigenvalue weighted by Crippen LogP contribution is -2.41. The average Bonchev–Trinajstić information content (AvgIpc) is 2.56. The molecule has 7 heteroatoms. The maximum Gasteiger partial charge on any atom is 0.241 e. The normalized spacial score (nSPS) is 12.5. The Balaban J connectivity index is 2.19. The van der Waals surface area contributed by atoms with Crippen molar-refractivity contribution in [3.63, 3.8) is 0 Å². The largest absolute Gasteiger partial charge is 0.348 e. The van der Waals surface area contributed by atoms with E-state index in [-0.39, 0.29) is 18.3 Å². The van der Waals surface area contributed by atoms with E-state index in [1.165, 1.54) is 17.7 Å². The second kappa shape index (κ2) is 8.08. The second-order valence-corrected chi connectivity index (χ2v) is 8.74. The number of rotatable bonds is 6. The molecular formula is C20H25FN2O3S. The van der Waals surface area contributed by atoms with Crippen molar-refractivity contribution in [2.45, 2.75) is 33.7 Å². The third-order valence-corrected chi connectivity index (χ3v) is 5.67. The Morgan fingerprint density at radius 3 is 2.19 bits per heavy atom. The van der Waals surface area contributed by atoms with Crippen LogP contribution in [-0.2, 0) is 14.8 Å². The number of anilines is 1. The van der Waals surface area contributed by atoms with Gasteiger partial charge in [0.2, 0.25) is 15.9 Å². The molecule has 146 valence electrons. The van der Waals surface area contributed by atoms with Crippen LogP contribution in [0, 0.1) is 26.6 Å². The molecule has 1 amide bonds. The van der Waals surface area contributed by atoms with E-state index in [9.17, 15) is 17.6 Å². The number of carbonyl (C=O) groups is 1. The highest BCUT2D eigenvalue weighted by molar-refractivity contribution is 7.92. The molecule has 0 saturated carbocycles. The van der Waals surface area contributed by atoms with Crippen LogP contribution in [0.3, 0.4) is 0 Å². The summed E-state index contributed by atoms with van der Waals surface area (Å²) >= 11 is 0. The van der Waals surface area contributed by atoms with Crippen LogP contribution < -0.4 is 9.62 Å². The molecule has 0 aliphatic heterocycles. The van der Waals surface area contributed by atoms with Gasteiger partial charge in [0.1, 0.15) is 12.4 Å². The first-order chi connectivity index (χ1) is 12.5. The predicted octanol–water partition coefficient (Wildman–Crippen LogP) is 3.39. The molecular weight excluding hydrogens is 367 g/mol. The molecule has 1 N–H and O–H groups in total. The number of sulfonamides is 1. The molecule has 0 aliphatic rings. The molecule has 0 heterocycles. The van der Waals surface area contributed by atoms with Crippen LogP contribution in [0.5, 0.6) is 0 Å². The monoisotopic (exact) mass is 392 g/mol. The summed E-state index contributed by atoms with van der Waals surface area (Å²) < 4.78 is 38.3. The van der Waals surface area contributed by atoms with E-state index in [2.05, 4.69) is 11.4 Å². The molecule has 0 saturated heterocycles. The summed E-state index contributed by atoms with van der Waals surface area (Å²) in [7, 11) is -3.70. The first-order valence-corrected chi connectivity index (χ1v) is 10.4. The zero-order valence-electron chi connectivity index (χ0n) is 16.2. The number of benzene rings is 2. The van der Waals surface area contributed by atoms with Crippen LogP contribution >= 0.6 is 0 Å². The van der Waals surface area contributed by atoms with Crippen molar-refractivity contribution in [3.05, 3.63) is 64.5 Å². The van der Waals surface area contributed by atoms with Crippen molar-refractivity contribution in [3.8, 4) is 0 Å². The molecule has 5 nitrogen and oxygen atoms in total. The number of aryl methyl sites for hydroxylation is 3. The van der Waals surface area contributed by atoms with Gasteiger partial charge >= 0.3 is 0 Å². The van der Waals surface area contributed by atoms with Crippen LogP contribution in [0.1, 0.15) is 35.2 Å². The fourth-order valence-corrected chi connectivity index (χ4v) is 3.81. The van der Waals surface area contributed by atoms with E-state index in [0.29, 0.717) is 0 Å². The van der Waals surface area contributed by atoms with Crippen LogP contribution in [0.25, 0.3) is 0 Å². The van der Waals surface area contributed by atoms with Crippen molar-refractivity contribution in [2.24, 2.45) is 0 Å². The Morgan fingerprint density at radius 1 is 1.07 bits per heavy atom. The number of carbonyl (C=O) groups excluding carboxylic acids is 1. The molecule has 0 spiro atoms. The first kappa shape index (κ1) is 20.9. The van der Waals surface area contributed by atoms with E-state index < -0.39 is 21.7 Å². The number of halogens is 1. The molecule has 2 aromatic rings. The SMILES string of the molecule is Cc1cc(C)c(C(C)NC(=O)CN(c2ccc(F)cc2)S(C)(=O)=O)cc1C. The molecule has 27 heavy (non-hydrogen) atoms. The van der Waals surface area contributed by atoms with Crippen molar-refractivity contribution in [2.75, 3.05) is 17.1 Å². The van der Waals surface area contributed by atoms with Crippen LogP contribution in [0.4, 0.5) is 10.1 Å². The molecule has 2 aromatic carbocycles. The van der Waals surface area contributed by atoms with Gasteiger partial charge in [-0.25, -0.2) is 12.8 Å². The van der Waals surface area contributed by atoms with Crippen molar-refractivity contribution in [1.29, 1.82) is 0 Å². The van der Waals surface area contributed by atoms with Gasteiger partial charge in [0.25, 0.3) is 0 Å². The summed E-state index contributed by atoms with van der Waals surface area (Å²) in [4.78, 5) is 12.5. The van der Waals surface area contributed by atoms with Crippen molar-refractivity contribution in [1.82, 2.24) is 5.32 Å². The number of nitrogens with one attached hydrogen (secondary N) is 1. The Bertz CT molecular complexity index is 940. The fraction of sp³-hybridized carbons (Fsp3) is 0.350. The lowest BCUT2D eigenvalue weighted by Gasteiger charge is -2.24. The summed E-state index contributed by atoms with van der Waals surface area (Å²) in [6.45, 7) is 7.50. The van der Waals surface area contributed by atoms with Crippen LogP contribution in [-0.4, -0.2) is 27.1 Å². The van der Waals surface area contributed by atoms with Crippen LogP contribution in [0.2, 0.25) is 0 Å². The van der Waals surface area contributed by atoms with Crippen molar-refractivity contribution < 1.29 is 17.6 Å². The molecule has 0 aromatic heterocycles. The van der Waals surface area contributed by atoms with Gasteiger partial charge < -0.3 is 5.32 Å². The highest BCUT2D eigenvalue weighted by atomic mass is 32.2. The number of hydrogen-bond donors (Lipinski definition) is 1. The number of nitrogens with zero attached hydrogens (tertiary/aromatic N) is 1. The van der Waals surface area contributed by atoms with E-state index in [0.717, 1.165) is 39.4 Å². The van der Waals surface area contributed by atoms with Crippen LogP contribution in [0.15, 0.2) is 36.4 Å². The molecule has 0 fully saturated rings. The zero-order valence-corrected chi connectivity index (χ0v) is 17.0. The van der Waals surface area contributed by atoms with Gasteiger partial charge in [0.05, 0.1) is 18.0 Å². The molecule has 1 unspecified atom stereocenters. The van der Waals surface area contributed by atoms with Gasteiger partial charge in [-0.3, -0.25) is 9.10 Å². The summed E-state index contributed by atoms with van der Waals surface area (Å²) in [6, 6.07) is 8.81. The predicted molar refractivity (Wildman–Crippen MR) is 106 cm³/mol. The maximum absolute atomic E-state index is 13.1. The summed E-state index contributed by atoms with van der Waals surface area (Å²) in [5.74, 6) is -0.912. The molecule has 0 radical (unpaired) electrons. The molecule has 1 atom stereocenters. The van der Waals surface area contributed by atoms with Gasteiger partial charge in [0, 0.05) is 0 Å². The highest BCUT2D eigenvalue weighted by Crippen LogP contribution is 2.22.